The van der Waals surface area contributed by atoms with Crippen molar-refractivity contribution >= 4 is 29.0 Å². The third kappa shape index (κ3) is 4.98. The van der Waals surface area contributed by atoms with Crippen LogP contribution in [-0.2, 0) is 14.3 Å². The van der Waals surface area contributed by atoms with Crippen molar-refractivity contribution in [3.63, 3.8) is 0 Å². The van der Waals surface area contributed by atoms with E-state index in [-0.39, 0.29) is 30.1 Å². The number of ketones is 1. The molecule has 4 rings (SSSR count). The average molecular weight is 462 g/mol. The van der Waals surface area contributed by atoms with Crippen LogP contribution in [0.5, 0.6) is 0 Å². The topological polar surface area (TPSA) is 107 Å². The van der Waals surface area contributed by atoms with Gasteiger partial charge in [-0.1, -0.05) is 12.1 Å². The number of anilines is 1. The minimum Gasteiger partial charge on any atom is -0.457 e. The van der Waals surface area contributed by atoms with Crippen LogP contribution in [0, 0.1) is 21.8 Å². The number of benzene rings is 3. The zero-order valence-electron chi connectivity index (χ0n) is 17.8. The first-order chi connectivity index (χ1) is 16.3. The summed E-state index contributed by atoms with van der Waals surface area (Å²) < 4.78 is 18.1. The first-order valence-corrected chi connectivity index (χ1v) is 10.4. The fraction of sp³-hybridized carbons (Fsp3) is 0.160. The Balaban J connectivity index is 1.36. The van der Waals surface area contributed by atoms with Crippen molar-refractivity contribution in [3.8, 4) is 11.1 Å². The summed E-state index contributed by atoms with van der Waals surface area (Å²) >= 11 is 0. The molecule has 1 fully saturated rings. The van der Waals surface area contributed by atoms with Crippen molar-refractivity contribution in [3.05, 3.63) is 94.3 Å². The molecule has 3 aromatic rings. The standard InChI is InChI=1S/C25H19FN2O6/c26-20-7-1-18(2-8-20)23(29)15-34-25(31)19-13-24(30)27(14-19)21-9-3-16(4-10-21)17-5-11-22(12-6-17)28(32)33/h1-12,19H,13-15H2/t19-/m0/s1. The summed E-state index contributed by atoms with van der Waals surface area (Å²) in [7, 11) is 0. The van der Waals surface area contributed by atoms with E-state index < -0.39 is 35.0 Å². The van der Waals surface area contributed by atoms with E-state index in [1.54, 1.807) is 36.4 Å². The maximum absolute atomic E-state index is 13.0. The quantitative estimate of drug-likeness (QED) is 0.226. The van der Waals surface area contributed by atoms with Gasteiger partial charge in [0.2, 0.25) is 5.91 Å². The number of nitrogens with zero attached hydrogens (tertiary/aromatic N) is 2. The largest absolute Gasteiger partial charge is 0.457 e. The third-order valence-corrected chi connectivity index (χ3v) is 5.56. The normalized spacial score (nSPS) is 15.3. The number of ether oxygens (including phenoxy) is 1. The van der Waals surface area contributed by atoms with Gasteiger partial charge in [0.25, 0.3) is 5.69 Å². The number of nitro groups is 1. The minimum absolute atomic E-state index is 0.000303. The van der Waals surface area contributed by atoms with Crippen LogP contribution >= 0.6 is 0 Å². The molecule has 1 amide bonds. The van der Waals surface area contributed by atoms with E-state index >= 15 is 0 Å². The lowest BCUT2D eigenvalue weighted by atomic mass is 10.0. The number of hydrogen-bond acceptors (Lipinski definition) is 6. The second-order valence-corrected chi connectivity index (χ2v) is 7.79. The molecule has 0 saturated carbocycles. The van der Waals surface area contributed by atoms with Crippen LogP contribution < -0.4 is 4.90 Å². The van der Waals surface area contributed by atoms with Gasteiger partial charge >= 0.3 is 5.97 Å². The summed E-state index contributed by atoms with van der Waals surface area (Å²) in [6, 6.07) is 18.1. The van der Waals surface area contributed by atoms with Crippen molar-refractivity contribution in [1.29, 1.82) is 0 Å². The number of amides is 1. The fourth-order valence-electron chi connectivity index (χ4n) is 3.70. The molecule has 0 spiro atoms. The minimum atomic E-state index is -0.706. The molecular formula is C25H19FN2O6. The van der Waals surface area contributed by atoms with Crippen molar-refractivity contribution in [1.82, 2.24) is 0 Å². The highest BCUT2D eigenvalue weighted by atomic mass is 19.1. The molecule has 0 bridgehead atoms. The van der Waals surface area contributed by atoms with Crippen LogP contribution in [0.3, 0.4) is 0 Å². The molecule has 0 radical (unpaired) electrons. The molecule has 1 saturated heterocycles. The molecule has 3 aromatic carbocycles. The summed E-state index contributed by atoms with van der Waals surface area (Å²) in [5.41, 5.74) is 2.44. The van der Waals surface area contributed by atoms with Crippen LogP contribution in [0.25, 0.3) is 11.1 Å². The Morgan fingerprint density at radius 2 is 1.56 bits per heavy atom. The molecule has 0 unspecified atom stereocenters. The Morgan fingerprint density at radius 1 is 0.971 bits per heavy atom. The zero-order valence-corrected chi connectivity index (χ0v) is 17.8. The molecule has 34 heavy (non-hydrogen) atoms. The van der Waals surface area contributed by atoms with E-state index in [2.05, 4.69) is 0 Å². The summed E-state index contributed by atoms with van der Waals surface area (Å²) in [6.45, 7) is -0.363. The number of non-ortho nitro benzene ring substituents is 1. The van der Waals surface area contributed by atoms with Gasteiger partial charge < -0.3 is 9.64 Å². The summed E-state index contributed by atoms with van der Waals surface area (Å²) in [4.78, 5) is 48.8. The van der Waals surface area contributed by atoms with E-state index in [1.807, 2.05) is 0 Å². The van der Waals surface area contributed by atoms with E-state index in [0.29, 0.717) is 5.69 Å². The lowest BCUT2D eigenvalue weighted by Gasteiger charge is -2.17. The number of carbonyl (C=O) groups is 3. The number of rotatable bonds is 7. The number of halogens is 1. The number of hydrogen-bond donors (Lipinski definition) is 0. The van der Waals surface area contributed by atoms with E-state index in [0.717, 1.165) is 23.3 Å². The summed E-state index contributed by atoms with van der Waals surface area (Å²) in [6.07, 6.45) is -0.0341. The highest BCUT2D eigenvalue weighted by Crippen LogP contribution is 2.29. The molecule has 172 valence electrons. The summed E-state index contributed by atoms with van der Waals surface area (Å²) in [5, 5.41) is 10.8. The Labute approximate surface area is 193 Å². The average Bonchev–Trinajstić information content (AvgIpc) is 3.24. The number of esters is 1. The van der Waals surface area contributed by atoms with Crippen molar-refractivity contribution < 1.29 is 28.4 Å². The van der Waals surface area contributed by atoms with E-state index in [9.17, 15) is 28.9 Å². The number of nitro benzene ring substituents is 1. The maximum atomic E-state index is 13.0. The molecule has 0 aromatic heterocycles. The third-order valence-electron chi connectivity index (χ3n) is 5.56. The first-order valence-electron chi connectivity index (χ1n) is 10.4. The van der Waals surface area contributed by atoms with E-state index in [1.165, 1.54) is 29.2 Å². The monoisotopic (exact) mass is 462 g/mol. The lowest BCUT2D eigenvalue weighted by Crippen LogP contribution is -2.27. The van der Waals surface area contributed by atoms with Gasteiger partial charge in [-0.3, -0.25) is 24.5 Å². The maximum Gasteiger partial charge on any atom is 0.311 e. The predicted molar refractivity (Wildman–Crippen MR) is 121 cm³/mol. The summed E-state index contributed by atoms with van der Waals surface area (Å²) in [5.74, 6) is -2.53. The van der Waals surface area contributed by atoms with Crippen LogP contribution in [-0.4, -0.2) is 35.7 Å². The molecule has 1 heterocycles. The molecule has 1 aliphatic heterocycles. The van der Waals surface area contributed by atoms with Crippen LogP contribution in [0.4, 0.5) is 15.8 Å². The van der Waals surface area contributed by atoms with Crippen molar-refractivity contribution in [2.24, 2.45) is 5.92 Å². The molecule has 0 aliphatic carbocycles. The Kier molecular flexibility index (Phi) is 6.44. The second kappa shape index (κ2) is 9.62. The SMILES string of the molecule is O=C(COC(=O)[C@H]1CC(=O)N(c2ccc(-c3ccc([N+](=O)[O-])cc3)cc2)C1)c1ccc(F)cc1. The highest BCUT2D eigenvalue weighted by Gasteiger charge is 2.36. The number of Topliss-reactive ketones (excluding diaryl/α,β-unsaturated/α-hetero) is 1. The molecule has 0 N–H and O–H groups in total. The van der Waals surface area contributed by atoms with Gasteiger partial charge in [-0.25, -0.2) is 4.39 Å². The predicted octanol–water partition coefficient (Wildman–Crippen LogP) is 4.18. The van der Waals surface area contributed by atoms with Crippen LogP contribution in [0.2, 0.25) is 0 Å². The molecule has 8 nitrogen and oxygen atoms in total. The van der Waals surface area contributed by atoms with Gasteiger partial charge in [-0.2, -0.15) is 0 Å². The highest BCUT2D eigenvalue weighted by molar-refractivity contribution is 6.01. The van der Waals surface area contributed by atoms with Crippen LogP contribution in [0.15, 0.2) is 72.8 Å². The first kappa shape index (κ1) is 22.8. The van der Waals surface area contributed by atoms with Gasteiger partial charge in [-0.15, -0.1) is 0 Å². The van der Waals surface area contributed by atoms with Gasteiger partial charge in [-0.05, 0) is 59.7 Å². The Bertz CT molecular complexity index is 1240. The zero-order chi connectivity index (χ0) is 24.2. The Morgan fingerprint density at radius 3 is 2.15 bits per heavy atom. The number of carbonyl (C=O) groups excluding carboxylic acids is 3. The van der Waals surface area contributed by atoms with Gasteiger partial charge in [0.05, 0.1) is 10.8 Å². The Hall–Kier alpha value is -4.40. The smallest absolute Gasteiger partial charge is 0.311 e. The lowest BCUT2D eigenvalue weighted by molar-refractivity contribution is -0.384. The van der Waals surface area contributed by atoms with Crippen molar-refractivity contribution in [2.45, 2.75) is 6.42 Å². The van der Waals surface area contributed by atoms with Gasteiger partial charge in [0.1, 0.15) is 5.82 Å². The van der Waals surface area contributed by atoms with Gasteiger partial charge in [0.15, 0.2) is 12.4 Å². The fourth-order valence-corrected chi connectivity index (χ4v) is 3.70. The molecule has 1 atom stereocenters. The van der Waals surface area contributed by atoms with E-state index in [4.69, 9.17) is 4.74 Å². The second-order valence-electron chi connectivity index (χ2n) is 7.79. The van der Waals surface area contributed by atoms with Crippen LogP contribution in [0.1, 0.15) is 16.8 Å². The van der Waals surface area contributed by atoms with Crippen molar-refractivity contribution in [2.75, 3.05) is 18.1 Å². The van der Waals surface area contributed by atoms with Gasteiger partial charge in [0, 0.05) is 36.3 Å². The molecular weight excluding hydrogens is 443 g/mol. The molecule has 9 heteroatoms. The molecule has 1 aliphatic rings.